The molecule has 1 fully saturated rings. The zero-order chi connectivity index (χ0) is 24.9. The quantitative estimate of drug-likeness (QED) is 0.291. The Hall–Kier alpha value is -2.22. The van der Waals surface area contributed by atoms with Gasteiger partial charge in [-0.3, -0.25) is 9.79 Å². The Balaban J connectivity index is 1.97. The van der Waals surface area contributed by atoms with E-state index in [1.165, 1.54) is 24.5 Å². The van der Waals surface area contributed by atoms with Gasteiger partial charge in [0, 0.05) is 55.5 Å². The van der Waals surface area contributed by atoms with E-state index in [0.29, 0.717) is 34.1 Å². The molecule has 13 heteroatoms. The second-order valence-corrected chi connectivity index (χ2v) is 10.2. The molecule has 1 aliphatic rings. The fourth-order valence-electron chi connectivity index (χ4n) is 3.65. The summed E-state index contributed by atoms with van der Waals surface area (Å²) in [5.74, 6) is -0.262. The minimum Gasteiger partial charge on any atom is -0.377 e. The number of amidine groups is 1. The number of ether oxygens (including phenoxy) is 1. The van der Waals surface area contributed by atoms with Gasteiger partial charge in [0.1, 0.15) is 12.4 Å². The number of nitrogens with one attached hydrogen (secondary N) is 1. The standard InChI is InChI=1S/C21H25ClFN5O4S2/c1-13(18(29)12-32-2)17-10-15(27-34(24,30)31)11-28(17)20(21-26-8-9-33-21)25-7-6-14-4-3-5-16(23)19(14)22/h3-5,8-9,15,27H,6-7,10-12H2,1-2H3,(H2,24,30,31)/b17-13+,25-20?/t15-/m0/s1. The Labute approximate surface area is 206 Å². The summed E-state index contributed by atoms with van der Waals surface area (Å²) < 4.78 is 44.5. The molecule has 34 heavy (non-hydrogen) atoms. The highest BCUT2D eigenvalue weighted by atomic mass is 35.5. The minimum atomic E-state index is -3.96. The van der Waals surface area contributed by atoms with Crippen LogP contribution in [0.4, 0.5) is 4.39 Å². The van der Waals surface area contributed by atoms with Gasteiger partial charge in [-0.25, -0.2) is 14.5 Å². The summed E-state index contributed by atoms with van der Waals surface area (Å²) in [4.78, 5) is 23.4. The Bertz CT molecular complexity index is 1200. The number of hydrogen-bond donors (Lipinski definition) is 2. The van der Waals surface area contributed by atoms with Crippen LogP contribution in [0, 0.1) is 5.82 Å². The second kappa shape index (κ2) is 11.5. The van der Waals surface area contributed by atoms with Crippen LogP contribution < -0.4 is 9.86 Å². The number of nitrogens with zero attached hydrogens (tertiary/aromatic N) is 3. The Kier molecular flexibility index (Phi) is 8.90. The van der Waals surface area contributed by atoms with Gasteiger partial charge in [-0.2, -0.15) is 13.1 Å². The summed E-state index contributed by atoms with van der Waals surface area (Å²) in [6.45, 7) is 2.01. The highest BCUT2D eigenvalue weighted by Gasteiger charge is 2.35. The first kappa shape index (κ1) is 26.4. The lowest BCUT2D eigenvalue weighted by atomic mass is 10.1. The van der Waals surface area contributed by atoms with Gasteiger partial charge in [-0.15, -0.1) is 11.3 Å². The van der Waals surface area contributed by atoms with E-state index in [1.54, 1.807) is 35.5 Å². The van der Waals surface area contributed by atoms with Gasteiger partial charge >= 0.3 is 0 Å². The number of ketones is 1. The Morgan fingerprint density at radius 3 is 2.88 bits per heavy atom. The maximum atomic E-state index is 13.8. The molecule has 3 N–H and O–H groups in total. The number of halogens is 2. The number of thiazole rings is 1. The number of benzene rings is 1. The van der Waals surface area contributed by atoms with E-state index < -0.39 is 22.1 Å². The predicted molar refractivity (Wildman–Crippen MR) is 130 cm³/mol. The summed E-state index contributed by atoms with van der Waals surface area (Å²) in [6, 6.07) is 4.02. The number of hydrogen-bond acceptors (Lipinski definition) is 7. The zero-order valence-electron chi connectivity index (χ0n) is 18.6. The number of aromatic nitrogens is 1. The van der Waals surface area contributed by atoms with Gasteiger partial charge in [0.25, 0.3) is 10.2 Å². The SMILES string of the molecule is COCC(=O)/C(C)=C1\C[C@H](NS(N)(=O)=O)CN1C(=NCCc1cccc(F)c1Cl)c1nccs1. The molecule has 0 radical (unpaired) electrons. The third-order valence-corrected chi connectivity index (χ3v) is 7.03. The van der Waals surface area contributed by atoms with Crippen molar-refractivity contribution >= 4 is 44.8 Å². The molecule has 1 saturated heterocycles. The number of nitrogens with two attached hydrogens (primary N) is 1. The Morgan fingerprint density at radius 1 is 1.47 bits per heavy atom. The molecule has 2 heterocycles. The van der Waals surface area contributed by atoms with Gasteiger partial charge in [-0.05, 0) is 25.0 Å². The van der Waals surface area contributed by atoms with Crippen molar-refractivity contribution in [3.63, 3.8) is 0 Å². The normalized spacial score (nSPS) is 18.4. The monoisotopic (exact) mass is 529 g/mol. The van der Waals surface area contributed by atoms with Crippen LogP contribution in [0.5, 0.6) is 0 Å². The molecule has 1 aromatic heterocycles. The van der Waals surface area contributed by atoms with Crippen molar-refractivity contribution in [1.29, 1.82) is 0 Å². The van der Waals surface area contributed by atoms with Gasteiger partial charge in [0.2, 0.25) is 0 Å². The van der Waals surface area contributed by atoms with Crippen LogP contribution in [-0.4, -0.2) is 62.8 Å². The molecule has 1 atom stereocenters. The van der Waals surface area contributed by atoms with Gasteiger partial charge in [0.15, 0.2) is 16.6 Å². The molecule has 1 aliphatic heterocycles. The van der Waals surface area contributed by atoms with Crippen LogP contribution >= 0.6 is 22.9 Å². The molecule has 0 amide bonds. The molecule has 9 nitrogen and oxygen atoms in total. The predicted octanol–water partition coefficient (Wildman–Crippen LogP) is 2.28. The summed E-state index contributed by atoms with van der Waals surface area (Å²) >= 11 is 7.42. The van der Waals surface area contributed by atoms with E-state index in [2.05, 4.69) is 9.71 Å². The van der Waals surface area contributed by atoms with Crippen LogP contribution in [-0.2, 0) is 26.2 Å². The van der Waals surface area contributed by atoms with Crippen molar-refractivity contribution in [2.75, 3.05) is 26.8 Å². The van der Waals surface area contributed by atoms with Gasteiger partial charge < -0.3 is 9.64 Å². The van der Waals surface area contributed by atoms with Crippen molar-refractivity contribution in [3.8, 4) is 0 Å². The number of methoxy groups -OCH3 is 1. The van der Waals surface area contributed by atoms with E-state index >= 15 is 0 Å². The molecule has 0 aliphatic carbocycles. The molecule has 184 valence electrons. The highest BCUT2D eigenvalue weighted by Crippen LogP contribution is 2.29. The number of Topliss-reactive ketones (excluding diaryl/α,β-unsaturated/α-hetero) is 1. The molecule has 0 bridgehead atoms. The second-order valence-electron chi connectivity index (χ2n) is 7.61. The van der Waals surface area contributed by atoms with Crippen molar-refractivity contribution < 1.29 is 22.3 Å². The van der Waals surface area contributed by atoms with Gasteiger partial charge in [0.05, 0.1) is 5.02 Å². The summed E-state index contributed by atoms with van der Waals surface area (Å²) in [5, 5.41) is 7.61. The first-order valence-corrected chi connectivity index (χ1v) is 13.1. The number of likely N-dealkylation sites (tertiary alicyclic amines) is 1. The first-order chi connectivity index (χ1) is 16.1. The minimum absolute atomic E-state index is 0.0497. The van der Waals surface area contributed by atoms with Crippen molar-refractivity contribution in [2.24, 2.45) is 10.1 Å². The molecular formula is C21H25ClFN5O4S2. The molecular weight excluding hydrogens is 505 g/mol. The average molecular weight is 530 g/mol. The topological polar surface area (TPSA) is 127 Å². The first-order valence-electron chi connectivity index (χ1n) is 10.3. The third kappa shape index (κ3) is 6.68. The van der Waals surface area contributed by atoms with Gasteiger partial charge in [-0.1, -0.05) is 23.7 Å². The summed E-state index contributed by atoms with van der Waals surface area (Å²) in [7, 11) is -2.54. The lowest BCUT2D eigenvalue weighted by molar-refractivity contribution is -0.119. The van der Waals surface area contributed by atoms with Crippen molar-refractivity contribution in [1.82, 2.24) is 14.6 Å². The number of carbonyl (C=O) groups excluding carboxylic acids is 1. The lowest BCUT2D eigenvalue weighted by Crippen LogP contribution is -2.41. The number of carbonyl (C=O) groups is 1. The molecule has 0 unspecified atom stereocenters. The van der Waals surface area contributed by atoms with Crippen LogP contribution in [0.25, 0.3) is 0 Å². The average Bonchev–Trinajstić information content (AvgIpc) is 3.43. The van der Waals surface area contributed by atoms with Crippen molar-refractivity contribution in [2.45, 2.75) is 25.8 Å². The van der Waals surface area contributed by atoms with E-state index in [-0.39, 0.29) is 36.9 Å². The molecule has 1 aromatic carbocycles. The summed E-state index contributed by atoms with van der Waals surface area (Å²) in [6.07, 6.45) is 2.23. The lowest BCUT2D eigenvalue weighted by Gasteiger charge is -2.23. The molecule has 0 spiro atoms. The summed E-state index contributed by atoms with van der Waals surface area (Å²) in [5.41, 5.74) is 1.64. The van der Waals surface area contributed by atoms with Crippen molar-refractivity contribution in [3.05, 3.63) is 62.5 Å². The molecule has 0 saturated carbocycles. The van der Waals surface area contributed by atoms with Crippen LogP contribution in [0.15, 0.2) is 46.0 Å². The maximum absolute atomic E-state index is 13.8. The van der Waals surface area contributed by atoms with E-state index in [9.17, 15) is 17.6 Å². The smallest absolute Gasteiger partial charge is 0.274 e. The number of aliphatic imine (C=N–C) groups is 1. The largest absolute Gasteiger partial charge is 0.377 e. The highest BCUT2D eigenvalue weighted by molar-refractivity contribution is 7.87. The zero-order valence-corrected chi connectivity index (χ0v) is 21.0. The molecule has 2 aromatic rings. The van der Waals surface area contributed by atoms with Crippen LogP contribution in [0.2, 0.25) is 5.02 Å². The fourth-order valence-corrected chi connectivity index (χ4v) is 5.14. The van der Waals surface area contributed by atoms with E-state index in [0.717, 1.165) is 0 Å². The van der Waals surface area contributed by atoms with E-state index in [4.69, 9.17) is 26.5 Å². The third-order valence-electron chi connectivity index (χ3n) is 5.18. The fraction of sp³-hybridized carbons (Fsp3) is 0.381. The maximum Gasteiger partial charge on any atom is 0.274 e. The number of rotatable bonds is 9. The van der Waals surface area contributed by atoms with Crippen LogP contribution in [0.1, 0.15) is 23.9 Å². The van der Waals surface area contributed by atoms with E-state index in [1.807, 2.05) is 0 Å². The molecule has 3 rings (SSSR count). The Morgan fingerprint density at radius 2 is 2.24 bits per heavy atom. The van der Waals surface area contributed by atoms with Crippen LogP contribution in [0.3, 0.4) is 0 Å².